The van der Waals surface area contributed by atoms with E-state index in [1.165, 1.54) is 4.68 Å². The molecule has 5 nitrogen and oxygen atoms in total. The first-order valence-electron chi connectivity index (χ1n) is 6.66. The van der Waals surface area contributed by atoms with E-state index < -0.39 is 6.43 Å². The monoisotopic (exact) mass is 283 g/mol. The summed E-state index contributed by atoms with van der Waals surface area (Å²) in [6.45, 7) is 5.14. The van der Waals surface area contributed by atoms with Gasteiger partial charge in [0.15, 0.2) is 0 Å². The lowest BCUT2D eigenvalue weighted by Gasteiger charge is -2.07. The minimum atomic E-state index is -2.39. The van der Waals surface area contributed by atoms with Crippen LogP contribution >= 0.6 is 0 Å². The van der Waals surface area contributed by atoms with E-state index in [1.54, 1.807) is 12.4 Å². The predicted molar refractivity (Wildman–Crippen MR) is 72.8 cm³/mol. The molecule has 0 saturated heterocycles. The molecule has 0 aliphatic heterocycles. The normalized spacial score (nSPS) is 11.2. The van der Waals surface area contributed by atoms with E-state index >= 15 is 0 Å². The molecule has 2 rings (SSSR count). The molecule has 0 spiro atoms. The van der Waals surface area contributed by atoms with Gasteiger partial charge in [0.1, 0.15) is 6.54 Å². The van der Waals surface area contributed by atoms with Crippen LogP contribution in [0.5, 0.6) is 0 Å². The van der Waals surface area contributed by atoms with Crippen LogP contribution in [0.25, 0.3) is 0 Å². The van der Waals surface area contributed by atoms with Gasteiger partial charge in [0, 0.05) is 12.7 Å². The average molecular weight is 283 g/mol. The Kier molecular flexibility index (Phi) is 4.70. The third kappa shape index (κ3) is 3.79. The highest BCUT2D eigenvalue weighted by molar-refractivity contribution is 5.38. The highest BCUT2D eigenvalue weighted by Gasteiger charge is 2.07. The van der Waals surface area contributed by atoms with E-state index in [0.29, 0.717) is 6.54 Å². The maximum absolute atomic E-state index is 12.2. The van der Waals surface area contributed by atoms with Gasteiger partial charge in [-0.05, 0) is 19.4 Å². The molecule has 0 aromatic carbocycles. The number of halogens is 2. The molecule has 0 unspecified atom stereocenters. The van der Waals surface area contributed by atoms with Crippen LogP contribution < -0.4 is 5.32 Å². The van der Waals surface area contributed by atoms with Crippen molar-refractivity contribution < 1.29 is 8.78 Å². The Bertz CT molecular complexity index is 547. The van der Waals surface area contributed by atoms with Crippen molar-refractivity contribution in [2.75, 3.05) is 5.32 Å². The third-order valence-electron chi connectivity index (χ3n) is 2.85. The molecule has 0 saturated carbocycles. The van der Waals surface area contributed by atoms with E-state index in [9.17, 15) is 8.78 Å². The van der Waals surface area contributed by atoms with Gasteiger partial charge >= 0.3 is 0 Å². The number of hydrogen-bond donors (Lipinski definition) is 1. The minimum absolute atomic E-state index is 0.380. The van der Waals surface area contributed by atoms with Crippen LogP contribution in [0.15, 0.2) is 18.5 Å². The Morgan fingerprint density at radius 3 is 2.90 bits per heavy atom. The number of alkyl halides is 2. The van der Waals surface area contributed by atoms with E-state index in [-0.39, 0.29) is 6.54 Å². The molecular formula is C13H19F2N5. The zero-order chi connectivity index (χ0) is 14.5. The maximum Gasteiger partial charge on any atom is 0.257 e. The van der Waals surface area contributed by atoms with Gasteiger partial charge in [-0.3, -0.25) is 9.36 Å². The molecule has 2 aromatic heterocycles. The lowest BCUT2D eigenvalue weighted by molar-refractivity contribution is 0.122. The Morgan fingerprint density at radius 2 is 2.20 bits per heavy atom. The van der Waals surface area contributed by atoms with Gasteiger partial charge in [0.05, 0.1) is 29.8 Å². The van der Waals surface area contributed by atoms with Crippen molar-refractivity contribution in [1.29, 1.82) is 0 Å². The van der Waals surface area contributed by atoms with Crippen LogP contribution in [0.3, 0.4) is 0 Å². The van der Waals surface area contributed by atoms with Crippen LogP contribution in [0, 0.1) is 6.92 Å². The second-order valence-corrected chi connectivity index (χ2v) is 4.70. The number of nitrogens with zero attached hydrogens (tertiary/aromatic N) is 4. The third-order valence-corrected chi connectivity index (χ3v) is 2.85. The lowest BCUT2D eigenvalue weighted by atomic mass is 10.3. The zero-order valence-corrected chi connectivity index (χ0v) is 11.7. The van der Waals surface area contributed by atoms with Gasteiger partial charge < -0.3 is 5.32 Å². The maximum atomic E-state index is 12.2. The second-order valence-electron chi connectivity index (χ2n) is 4.70. The largest absolute Gasteiger partial charge is 0.377 e. The summed E-state index contributed by atoms with van der Waals surface area (Å²) in [6.07, 6.45) is 1.76. The molecule has 0 aliphatic carbocycles. The first-order valence-corrected chi connectivity index (χ1v) is 6.66. The second kappa shape index (κ2) is 6.49. The summed E-state index contributed by atoms with van der Waals surface area (Å²) in [7, 11) is 0. The fourth-order valence-electron chi connectivity index (χ4n) is 2.04. The quantitative estimate of drug-likeness (QED) is 0.850. The molecule has 0 bridgehead atoms. The molecule has 2 heterocycles. The van der Waals surface area contributed by atoms with E-state index in [2.05, 4.69) is 22.4 Å². The van der Waals surface area contributed by atoms with Gasteiger partial charge in [0.2, 0.25) is 0 Å². The molecular weight excluding hydrogens is 264 g/mol. The summed E-state index contributed by atoms with van der Waals surface area (Å²) in [5.41, 5.74) is 2.78. The van der Waals surface area contributed by atoms with Crippen molar-refractivity contribution in [2.45, 2.75) is 46.3 Å². The molecule has 20 heavy (non-hydrogen) atoms. The average Bonchev–Trinajstić information content (AvgIpc) is 2.94. The lowest BCUT2D eigenvalue weighted by Crippen LogP contribution is -2.09. The SMILES string of the molecule is CCCn1nc(C)cc1CNc1cnn(CC(F)F)c1. The Hall–Kier alpha value is -1.92. The zero-order valence-electron chi connectivity index (χ0n) is 11.7. The van der Waals surface area contributed by atoms with Gasteiger partial charge in [-0.15, -0.1) is 0 Å². The van der Waals surface area contributed by atoms with Gasteiger partial charge in [-0.1, -0.05) is 6.92 Å². The number of anilines is 1. The number of aromatic nitrogens is 4. The minimum Gasteiger partial charge on any atom is -0.377 e. The van der Waals surface area contributed by atoms with Crippen LogP contribution in [-0.2, 0) is 19.6 Å². The Morgan fingerprint density at radius 1 is 1.40 bits per heavy atom. The first-order chi connectivity index (χ1) is 9.58. The molecule has 0 fully saturated rings. The first kappa shape index (κ1) is 14.5. The Balaban J connectivity index is 1.96. The van der Waals surface area contributed by atoms with E-state index in [4.69, 9.17) is 0 Å². The summed E-state index contributed by atoms with van der Waals surface area (Å²) in [6, 6.07) is 2.02. The fourth-order valence-corrected chi connectivity index (χ4v) is 2.04. The molecule has 2 aromatic rings. The van der Waals surface area contributed by atoms with Crippen LogP contribution in [-0.4, -0.2) is 26.0 Å². The topological polar surface area (TPSA) is 47.7 Å². The Labute approximate surface area is 116 Å². The summed E-state index contributed by atoms with van der Waals surface area (Å²) in [5, 5.41) is 11.5. The van der Waals surface area contributed by atoms with Crippen molar-refractivity contribution in [2.24, 2.45) is 0 Å². The van der Waals surface area contributed by atoms with E-state index in [0.717, 1.165) is 30.0 Å². The standard InChI is InChI=1S/C13H19F2N5/c1-3-4-20-12(5-10(2)18-20)7-16-11-6-17-19(8-11)9-13(14)15/h5-6,8,13,16H,3-4,7,9H2,1-2H3. The molecule has 7 heteroatoms. The van der Waals surface area contributed by atoms with Crippen molar-refractivity contribution in [1.82, 2.24) is 19.6 Å². The van der Waals surface area contributed by atoms with Gasteiger partial charge in [-0.25, -0.2) is 8.78 Å². The van der Waals surface area contributed by atoms with Crippen LogP contribution in [0.4, 0.5) is 14.5 Å². The number of aryl methyl sites for hydroxylation is 2. The van der Waals surface area contributed by atoms with Crippen molar-refractivity contribution in [3.8, 4) is 0 Å². The van der Waals surface area contributed by atoms with Gasteiger partial charge in [-0.2, -0.15) is 10.2 Å². The van der Waals surface area contributed by atoms with Crippen LogP contribution in [0.2, 0.25) is 0 Å². The molecule has 110 valence electrons. The molecule has 1 N–H and O–H groups in total. The summed E-state index contributed by atoms with van der Waals surface area (Å²) < 4.78 is 27.7. The van der Waals surface area contributed by atoms with Gasteiger partial charge in [0.25, 0.3) is 6.43 Å². The number of hydrogen-bond acceptors (Lipinski definition) is 3. The predicted octanol–water partition coefficient (Wildman–Crippen LogP) is 2.68. The fraction of sp³-hybridized carbons (Fsp3) is 0.538. The highest BCUT2D eigenvalue weighted by Crippen LogP contribution is 2.11. The molecule has 0 radical (unpaired) electrons. The highest BCUT2D eigenvalue weighted by atomic mass is 19.3. The number of nitrogens with one attached hydrogen (secondary N) is 1. The van der Waals surface area contributed by atoms with E-state index in [1.807, 2.05) is 17.7 Å². The smallest absolute Gasteiger partial charge is 0.257 e. The van der Waals surface area contributed by atoms with Crippen molar-refractivity contribution in [3.05, 3.63) is 29.8 Å². The number of rotatable bonds is 7. The summed E-state index contributed by atoms with van der Waals surface area (Å²) in [5.74, 6) is 0. The molecule has 0 amide bonds. The van der Waals surface area contributed by atoms with Crippen LogP contribution in [0.1, 0.15) is 24.7 Å². The summed E-state index contributed by atoms with van der Waals surface area (Å²) in [4.78, 5) is 0. The summed E-state index contributed by atoms with van der Waals surface area (Å²) >= 11 is 0. The van der Waals surface area contributed by atoms with Crippen molar-refractivity contribution in [3.63, 3.8) is 0 Å². The molecule has 0 atom stereocenters. The van der Waals surface area contributed by atoms with Crippen molar-refractivity contribution >= 4 is 5.69 Å². The molecule has 0 aliphatic rings.